The zero-order chi connectivity index (χ0) is 9.35. The maximum Gasteiger partial charge on any atom is 0.364 e. The van der Waals surface area contributed by atoms with Gasteiger partial charge in [-0.2, -0.15) is 0 Å². The molecule has 70 valence electrons. The van der Waals surface area contributed by atoms with Crippen molar-refractivity contribution in [3.8, 4) is 0 Å². The quantitative estimate of drug-likeness (QED) is 0.366. The Kier molecular flexibility index (Phi) is 2.34. The molecule has 1 aliphatic rings. The lowest BCUT2D eigenvalue weighted by atomic mass is 10.0. The van der Waals surface area contributed by atoms with Crippen molar-refractivity contribution < 1.29 is 30.0 Å². The number of aliphatic carboxylic acids is 1. The smallest absolute Gasteiger partial charge is 0.364 e. The number of rotatable bonds is 1. The fourth-order valence-corrected chi connectivity index (χ4v) is 0.962. The van der Waals surface area contributed by atoms with Gasteiger partial charge < -0.3 is 25.2 Å². The van der Waals surface area contributed by atoms with Crippen LogP contribution in [0.2, 0.25) is 0 Å². The van der Waals surface area contributed by atoms with Crippen molar-refractivity contribution in [2.45, 2.75) is 24.4 Å². The Morgan fingerprint density at radius 2 is 2.00 bits per heavy atom. The molecule has 0 amide bonds. The Labute approximate surface area is 68.0 Å². The molecule has 0 spiro atoms. The molecule has 0 aromatic rings. The lowest BCUT2D eigenvalue weighted by Crippen LogP contribution is -2.53. The van der Waals surface area contributed by atoms with E-state index in [-0.39, 0.29) is 6.61 Å². The van der Waals surface area contributed by atoms with Crippen LogP contribution in [0.5, 0.6) is 0 Å². The van der Waals surface area contributed by atoms with Crippen molar-refractivity contribution >= 4 is 5.97 Å². The molecule has 12 heavy (non-hydrogen) atoms. The van der Waals surface area contributed by atoms with Crippen molar-refractivity contribution in [2.75, 3.05) is 6.61 Å². The summed E-state index contributed by atoms with van der Waals surface area (Å²) < 4.78 is 4.46. The Morgan fingerprint density at radius 3 is 2.42 bits per heavy atom. The molecule has 1 rings (SSSR count). The van der Waals surface area contributed by atoms with Crippen LogP contribution < -0.4 is 0 Å². The average molecular weight is 178 g/mol. The number of aliphatic hydroxyl groups is 3. The van der Waals surface area contributed by atoms with E-state index < -0.39 is 30.4 Å². The minimum atomic E-state index is -2.36. The Balaban J connectivity index is 2.66. The summed E-state index contributed by atoms with van der Waals surface area (Å²) in [4.78, 5) is 10.4. The predicted molar refractivity (Wildman–Crippen MR) is 35.2 cm³/mol. The molecule has 0 saturated carbocycles. The topological polar surface area (TPSA) is 107 Å². The van der Waals surface area contributed by atoms with Gasteiger partial charge in [0.2, 0.25) is 0 Å². The molecule has 1 unspecified atom stereocenters. The average Bonchev–Trinajstić information content (AvgIpc) is 1.97. The van der Waals surface area contributed by atoms with Crippen molar-refractivity contribution in [1.82, 2.24) is 0 Å². The number of hydrogen-bond acceptors (Lipinski definition) is 5. The Morgan fingerprint density at radius 1 is 1.42 bits per heavy atom. The first-order chi connectivity index (χ1) is 5.46. The highest BCUT2D eigenvalue weighted by molar-refractivity contribution is 5.75. The van der Waals surface area contributed by atoms with E-state index in [1.165, 1.54) is 0 Å². The van der Waals surface area contributed by atoms with Gasteiger partial charge in [0.15, 0.2) is 0 Å². The van der Waals surface area contributed by atoms with Gasteiger partial charge in [-0.1, -0.05) is 0 Å². The summed E-state index contributed by atoms with van der Waals surface area (Å²) in [6, 6.07) is 0. The third kappa shape index (κ3) is 1.56. The van der Waals surface area contributed by atoms with Crippen molar-refractivity contribution in [3.05, 3.63) is 0 Å². The zero-order valence-electron chi connectivity index (χ0n) is 6.17. The van der Waals surface area contributed by atoms with Gasteiger partial charge in [-0.15, -0.1) is 0 Å². The predicted octanol–water partition coefficient (Wildman–Crippen LogP) is -2.10. The van der Waals surface area contributed by atoms with Crippen LogP contribution in [-0.2, 0) is 9.53 Å². The monoisotopic (exact) mass is 178 g/mol. The van der Waals surface area contributed by atoms with Gasteiger partial charge in [0.05, 0.1) is 12.7 Å². The molecule has 3 atom stereocenters. The first kappa shape index (κ1) is 9.40. The van der Waals surface area contributed by atoms with Gasteiger partial charge in [-0.05, 0) is 0 Å². The van der Waals surface area contributed by atoms with E-state index in [0.29, 0.717) is 0 Å². The van der Waals surface area contributed by atoms with Gasteiger partial charge in [0.25, 0.3) is 5.79 Å². The highest BCUT2D eigenvalue weighted by atomic mass is 16.7. The third-order valence-corrected chi connectivity index (χ3v) is 1.76. The fraction of sp³-hybridized carbons (Fsp3) is 0.833. The minimum absolute atomic E-state index is 0.385. The largest absolute Gasteiger partial charge is 0.477 e. The summed E-state index contributed by atoms with van der Waals surface area (Å²) in [7, 11) is 0. The van der Waals surface area contributed by atoms with Crippen LogP contribution in [0.3, 0.4) is 0 Å². The van der Waals surface area contributed by atoms with Gasteiger partial charge in [0.1, 0.15) is 6.10 Å². The summed E-state index contributed by atoms with van der Waals surface area (Å²) in [5.74, 6) is -3.92. The van der Waals surface area contributed by atoms with E-state index >= 15 is 0 Å². The molecule has 4 N–H and O–H groups in total. The first-order valence-corrected chi connectivity index (χ1v) is 3.41. The molecule has 0 radical (unpaired) electrons. The van der Waals surface area contributed by atoms with Gasteiger partial charge in [-0.25, -0.2) is 4.79 Å². The minimum Gasteiger partial charge on any atom is -0.477 e. The van der Waals surface area contributed by atoms with Crippen LogP contribution in [0.15, 0.2) is 0 Å². The summed E-state index contributed by atoms with van der Waals surface area (Å²) in [6.07, 6.45) is -2.92. The van der Waals surface area contributed by atoms with E-state index in [4.69, 9.17) is 20.4 Å². The molecule has 0 bridgehead atoms. The van der Waals surface area contributed by atoms with Crippen LogP contribution in [0, 0.1) is 0 Å². The van der Waals surface area contributed by atoms with E-state index in [1.54, 1.807) is 0 Å². The molecule has 0 aromatic carbocycles. The van der Waals surface area contributed by atoms with Crippen LogP contribution >= 0.6 is 0 Å². The van der Waals surface area contributed by atoms with Crippen LogP contribution in [0.25, 0.3) is 0 Å². The Hall–Kier alpha value is -0.690. The number of aliphatic hydroxyl groups excluding tert-OH is 2. The molecule has 6 nitrogen and oxygen atoms in total. The SMILES string of the molecule is O=C(O)[C@@]1(O)CC(O)[C@H](O)CO1. The number of carboxylic acid groups (broad SMARTS) is 1. The number of carbonyl (C=O) groups is 1. The number of hydrogen-bond donors (Lipinski definition) is 4. The second kappa shape index (κ2) is 2.98. The molecule has 6 heteroatoms. The molecule has 0 aromatic heterocycles. The highest BCUT2D eigenvalue weighted by Crippen LogP contribution is 2.22. The number of ether oxygens (including phenoxy) is 1. The molecule has 0 aliphatic carbocycles. The maximum absolute atomic E-state index is 10.4. The van der Waals surface area contributed by atoms with E-state index in [2.05, 4.69) is 4.74 Å². The molecule has 1 saturated heterocycles. The lowest BCUT2D eigenvalue weighted by Gasteiger charge is -2.33. The highest BCUT2D eigenvalue weighted by Gasteiger charge is 2.45. The third-order valence-electron chi connectivity index (χ3n) is 1.76. The zero-order valence-corrected chi connectivity index (χ0v) is 6.17. The first-order valence-electron chi connectivity index (χ1n) is 3.41. The normalized spacial score (nSPS) is 42.6. The van der Waals surface area contributed by atoms with Gasteiger partial charge >= 0.3 is 5.97 Å². The van der Waals surface area contributed by atoms with E-state index in [1.807, 2.05) is 0 Å². The van der Waals surface area contributed by atoms with Crippen LogP contribution in [0.4, 0.5) is 0 Å². The Bertz CT molecular complexity index is 192. The van der Waals surface area contributed by atoms with Crippen molar-refractivity contribution in [2.24, 2.45) is 0 Å². The van der Waals surface area contributed by atoms with Crippen molar-refractivity contribution in [3.63, 3.8) is 0 Å². The van der Waals surface area contributed by atoms with E-state index in [0.717, 1.165) is 0 Å². The van der Waals surface area contributed by atoms with Crippen molar-refractivity contribution in [1.29, 1.82) is 0 Å². The summed E-state index contributed by atoms with van der Waals surface area (Å²) in [6.45, 7) is -0.385. The second-order valence-corrected chi connectivity index (χ2v) is 2.74. The summed E-state index contributed by atoms with van der Waals surface area (Å²) in [5.41, 5.74) is 0. The second-order valence-electron chi connectivity index (χ2n) is 2.74. The molecular formula is C6H10O6. The van der Waals surface area contributed by atoms with E-state index in [9.17, 15) is 4.79 Å². The van der Waals surface area contributed by atoms with Gasteiger partial charge in [0, 0.05) is 6.42 Å². The van der Waals surface area contributed by atoms with Gasteiger partial charge in [-0.3, -0.25) is 0 Å². The molecule has 1 fully saturated rings. The fourth-order valence-electron chi connectivity index (χ4n) is 0.962. The summed E-state index contributed by atoms with van der Waals surface area (Å²) in [5, 5.41) is 35.5. The molecule has 1 heterocycles. The standard InChI is InChI=1S/C6H10O6/c7-3-1-6(11,5(9)10)12-2-4(3)8/h3-4,7-8,11H,1-2H2,(H,9,10)/t3?,4-,6-/m1/s1. The number of carboxylic acids is 1. The lowest BCUT2D eigenvalue weighted by molar-refractivity contribution is -0.267. The van der Waals surface area contributed by atoms with Crippen LogP contribution in [0.1, 0.15) is 6.42 Å². The molecular weight excluding hydrogens is 168 g/mol. The molecule has 1 aliphatic heterocycles. The summed E-state index contributed by atoms with van der Waals surface area (Å²) >= 11 is 0. The van der Waals surface area contributed by atoms with Crippen LogP contribution in [-0.4, -0.2) is 51.0 Å². The maximum atomic E-state index is 10.4.